The Morgan fingerprint density at radius 1 is 1.58 bits per heavy atom. The summed E-state index contributed by atoms with van der Waals surface area (Å²) in [4.78, 5) is 11.0. The molecule has 12 heavy (non-hydrogen) atoms. The van der Waals surface area contributed by atoms with E-state index in [-0.39, 0.29) is 11.6 Å². The van der Waals surface area contributed by atoms with Gasteiger partial charge in [0.05, 0.1) is 5.66 Å². The van der Waals surface area contributed by atoms with Crippen LogP contribution in [-0.4, -0.2) is 37.3 Å². The predicted molar refractivity (Wildman–Crippen MR) is 61.8 cm³/mol. The summed E-state index contributed by atoms with van der Waals surface area (Å²) in [6.07, 6.45) is 2.02. The van der Waals surface area contributed by atoms with E-state index in [2.05, 4.69) is 12.0 Å². The molecule has 0 fully saturated rings. The number of rotatable bonds is 4. The Morgan fingerprint density at radius 3 is 2.33 bits per heavy atom. The van der Waals surface area contributed by atoms with Crippen LogP contribution in [0.25, 0.3) is 0 Å². The molecule has 0 radical (unpaired) electrons. The van der Waals surface area contributed by atoms with E-state index in [4.69, 9.17) is 0 Å². The highest BCUT2D eigenvalue weighted by Gasteiger charge is 2.12. The third kappa shape index (κ3) is 6.93. The molecule has 1 N–H and O–H groups in total. The van der Waals surface area contributed by atoms with E-state index in [1.54, 1.807) is 18.8 Å². The van der Waals surface area contributed by atoms with Gasteiger partial charge in [0.25, 0.3) is 0 Å². The van der Waals surface area contributed by atoms with Crippen LogP contribution < -0.4 is 5.32 Å². The summed E-state index contributed by atoms with van der Waals surface area (Å²) >= 11 is 1.72. The van der Waals surface area contributed by atoms with Crippen LogP contribution in [0.4, 0.5) is 0 Å². The zero-order chi connectivity index (χ0) is 9.98. The van der Waals surface area contributed by atoms with Crippen molar-refractivity contribution in [3.8, 4) is 0 Å². The van der Waals surface area contributed by atoms with Gasteiger partial charge in [0.15, 0.2) is 0 Å². The van der Waals surface area contributed by atoms with Gasteiger partial charge in [-0.05, 0) is 12.9 Å². The van der Waals surface area contributed by atoms with E-state index in [0.717, 1.165) is 5.75 Å². The van der Waals surface area contributed by atoms with Crippen molar-refractivity contribution in [2.24, 2.45) is 0 Å². The molecule has 0 saturated carbocycles. The number of carbonyl (C=O) groups is 1. The monoisotopic (exact) mass is 209 g/mol. The van der Waals surface area contributed by atoms with Crippen molar-refractivity contribution in [2.45, 2.75) is 19.5 Å². The number of amides is 1. The number of thioether (sulfide) groups is 1. The Hall–Kier alpha value is 0.250. The van der Waals surface area contributed by atoms with Gasteiger partial charge in [0.2, 0.25) is 5.91 Å². The predicted octanol–water partition coefficient (Wildman–Crippen LogP) is 1.80. The number of hydrogen-bond acceptors (Lipinski definition) is 2. The van der Waals surface area contributed by atoms with Gasteiger partial charge < -0.3 is 5.32 Å². The highest BCUT2D eigenvalue weighted by atomic mass is 32.2. The van der Waals surface area contributed by atoms with Crippen molar-refractivity contribution in [3.63, 3.8) is 0 Å². The van der Waals surface area contributed by atoms with E-state index in [1.807, 2.05) is 20.1 Å². The van der Waals surface area contributed by atoms with E-state index >= 15 is 0 Å². The fourth-order valence-corrected chi connectivity index (χ4v) is 2.69. The minimum absolute atomic E-state index is 0.176. The van der Waals surface area contributed by atoms with Gasteiger partial charge in [0.1, 0.15) is 0 Å². The third-order valence-corrected chi connectivity index (χ3v) is 3.37. The van der Waals surface area contributed by atoms with Crippen molar-refractivity contribution in [1.82, 2.24) is 5.32 Å². The molecule has 4 heteroatoms. The smallest absolute Gasteiger partial charge is 0.227 e. The first-order valence-corrected chi connectivity index (χ1v) is 7.11. The third-order valence-electron chi connectivity index (χ3n) is 1.24. The molecule has 1 amide bonds. The van der Waals surface area contributed by atoms with E-state index in [0.29, 0.717) is 8.58 Å². The van der Waals surface area contributed by atoms with Gasteiger partial charge in [-0.1, -0.05) is 13.8 Å². The van der Waals surface area contributed by atoms with Crippen LogP contribution in [0.1, 0.15) is 13.8 Å². The molecule has 0 aliphatic carbocycles. The van der Waals surface area contributed by atoms with Gasteiger partial charge in [0, 0.05) is 12.8 Å². The summed E-state index contributed by atoms with van der Waals surface area (Å²) in [6, 6.07) is 0. The fraction of sp³-hybridized carbons (Fsp3) is 0.875. The van der Waals surface area contributed by atoms with Gasteiger partial charge in [-0.25, -0.2) is 0 Å². The van der Waals surface area contributed by atoms with Crippen LogP contribution in [0.2, 0.25) is 0 Å². The van der Waals surface area contributed by atoms with E-state index in [9.17, 15) is 4.79 Å². The summed E-state index contributed by atoms with van der Waals surface area (Å²) in [5.74, 6) is 1.12. The van der Waals surface area contributed by atoms with Crippen LogP contribution in [0.5, 0.6) is 0 Å². The number of hydrogen-bond donors (Lipinski definition) is 1. The molecular weight excluding hydrogens is 189 g/mol. The SMILES string of the molecule is CC.CNC(=O)C(CSC)PC. The second-order valence-corrected chi connectivity index (χ2v) is 4.10. The lowest BCUT2D eigenvalue weighted by Crippen LogP contribution is -2.30. The van der Waals surface area contributed by atoms with Crippen LogP contribution >= 0.6 is 20.3 Å². The minimum Gasteiger partial charge on any atom is -0.359 e. The molecular formula is C8H20NOPS. The molecule has 0 heterocycles. The molecule has 0 aromatic carbocycles. The van der Waals surface area contributed by atoms with Crippen molar-refractivity contribution >= 4 is 26.2 Å². The zero-order valence-electron chi connectivity index (χ0n) is 8.60. The molecule has 0 aromatic rings. The number of nitrogens with one attached hydrogen (secondary N) is 1. The lowest BCUT2D eigenvalue weighted by Gasteiger charge is -2.10. The maximum atomic E-state index is 11.0. The first kappa shape index (κ1) is 14.8. The summed E-state index contributed by atoms with van der Waals surface area (Å²) < 4.78 is 0. The standard InChI is InChI=1S/C6H14NOPS.C2H6/c1-7-6(8)5(9-2)4-10-3;1-2/h5,9H,4H2,1-3H3,(H,7,8);1-2H3. The molecule has 0 aliphatic heterocycles. The summed E-state index contributed by atoms with van der Waals surface area (Å²) in [6.45, 7) is 6.07. The van der Waals surface area contributed by atoms with Crippen LogP contribution in [0.3, 0.4) is 0 Å². The van der Waals surface area contributed by atoms with Gasteiger partial charge in [-0.3, -0.25) is 4.79 Å². The van der Waals surface area contributed by atoms with Crippen molar-refractivity contribution in [1.29, 1.82) is 0 Å². The molecule has 0 aromatic heterocycles. The molecule has 2 nitrogen and oxygen atoms in total. The molecule has 74 valence electrons. The summed E-state index contributed by atoms with van der Waals surface area (Å²) in [5.41, 5.74) is 0.222. The van der Waals surface area contributed by atoms with Crippen molar-refractivity contribution in [2.75, 3.05) is 25.7 Å². The maximum absolute atomic E-state index is 11.0. The molecule has 0 bridgehead atoms. The lowest BCUT2D eigenvalue weighted by molar-refractivity contribution is -0.119. The Morgan fingerprint density at radius 2 is 2.08 bits per heavy atom. The van der Waals surface area contributed by atoms with Crippen molar-refractivity contribution < 1.29 is 4.79 Å². The zero-order valence-corrected chi connectivity index (χ0v) is 10.4. The van der Waals surface area contributed by atoms with Crippen LogP contribution in [0, 0.1) is 0 Å². The van der Waals surface area contributed by atoms with E-state index in [1.165, 1.54) is 0 Å². The van der Waals surface area contributed by atoms with Crippen molar-refractivity contribution in [3.05, 3.63) is 0 Å². The second kappa shape index (κ2) is 11.2. The average molecular weight is 209 g/mol. The quantitative estimate of drug-likeness (QED) is 0.715. The Labute approximate surface area is 82.0 Å². The topological polar surface area (TPSA) is 29.1 Å². The summed E-state index contributed by atoms with van der Waals surface area (Å²) in [7, 11) is 2.40. The number of carbonyl (C=O) groups excluding carboxylic acids is 1. The Kier molecular flexibility index (Phi) is 13.8. The van der Waals surface area contributed by atoms with E-state index < -0.39 is 0 Å². The normalized spacial score (nSPS) is 12.1. The molecule has 2 unspecified atom stereocenters. The van der Waals surface area contributed by atoms with Gasteiger partial charge in [-0.2, -0.15) is 11.8 Å². The molecule has 0 rings (SSSR count). The van der Waals surface area contributed by atoms with Gasteiger partial charge >= 0.3 is 0 Å². The van der Waals surface area contributed by atoms with Gasteiger partial charge in [-0.15, -0.1) is 8.58 Å². The Bertz CT molecular complexity index is 111. The average Bonchev–Trinajstić information content (AvgIpc) is 2.16. The molecule has 0 saturated heterocycles. The molecule has 0 spiro atoms. The summed E-state index contributed by atoms with van der Waals surface area (Å²) in [5, 5.41) is 2.66. The second-order valence-electron chi connectivity index (χ2n) is 1.91. The first-order chi connectivity index (χ1) is 5.76. The highest BCUT2D eigenvalue weighted by molar-refractivity contribution is 7.98. The van der Waals surface area contributed by atoms with Crippen LogP contribution in [0.15, 0.2) is 0 Å². The lowest BCUT2D eigenvalue weighted by atomic mass is 10.4. The largest absolute Gasteiger partial charge is 0.359 e. The molecule has 0 aliphatic rings. The highest BCUT2D eigenvalue weighted by Crippen LogP contribution is 2.17. The fourth-order valence-electron chi connectivity index (χ4n) is 0.631. The first-order valence-electron chi connectivity index (χ1n) is 4.14. The molecule has 2 atom stereocenters. The Balaban J connectivity index is 0. The minimum atomic E-state index is 0.176. The van der Waals surface area contributed by atoms with Crippen LogP contribution in [-0.2, 0) is 4.79 Å². The maximum Gasteiger partial charge on any atom is 0.227 e.